The van der Waals surface area contributed by atoms with Crippen molar-refractivity contribution in [2.24, 2.45) is 5.92 Å². The summed E-state index contributed by atoms with van der Waals surface area (Å²) in [7, 11) is 0. The molecule has 0 atom stereocenters. The van der Waals surface area contributed by atoms with E-state index < -0.39 is 0 Å². The molecule has 21 heavy (non-hydrogen) atoms. The maximum Gasteiger partial charge on any atom is 0.276 e. The first-order valence-corrected chi connectivity index (χ1v) is 7.66. The molecule has 114 valence electrons. The standard InChI is InChI=1S/C15H21N3O3/c1-11-10-13(16-21-11)15(20)18-8-6-17(7-9-18)14(19)12-4-2-3-5-12/h10,12H,2-9H2,1H3. The number of hydrogen-bond donors (Lipinski definition) is 0. The number of piperazine rings is 1. The zero-order valence-corrected chi connectivity index (χ0v) is 12.4. The molecule has 0 radical (unpaired) electrons. The third kappa shape index (κ3) is 2.94. The molecular weight excluding hydrogens is 270 g/mol. The molecule has 1 aliphatic carbocycles. The van der Waals surface area contributed by atoms with Crippen LogP contribution in [0.5, 0.6) is 0 Å². The lowest BCUT2D eigenvalue weighted by Crippen LogP contribution is -2.51. The van der Waals surface area contributed by atoms with Crippen LogP contribution in [0.15, 0.2) is 10.6 Å². The van der Waals surface area contributed by atoms with Gasteiger partial charge in [0.2, 0.25) is 5.91 Å². The van der Waals surface area contributed by atoms with E-state index in [1.54, 1.807) is 17.9 Å². The minimum absolute atomic E-state index is 0.111. The highest BCUT2D eigenvalue weighted by Gasteiger charge is 2.31. The summed E-state index contributed by atoms with van der Waals surface area (Å²) in [6.07, 6.45) is 4.38. The van der Waals surface area contributed by atoms with Gasteiger partial charge >= 0.3 is 0 Å². The molecule has 6 nitrogen and oxygen atoms in total. The van der Waals surface area contributed by atoms with Crippen LogP contribution in [0.3, 0.4) is 0 Å². The van der Waals surface area contributed by atoms with Gasteiger partial charge < -0.3 is 14.3 Å². The quantitative estimate of drug-likeness (QED) is 0.827. The van der Waals surface area contributed by atoms with Gasteiger partial charge in [0.15, 0.2) is 5.69 Å². The van der Waals surface area contributed by atoms with Crippen molar-refractivity contribution in [1.82, 2.24) is 15.0 Å². The maximum absolute atomic E-state index is 12.3. The van der Waals surface area contributed by atoms with Gasteiger partial charge in [0.05, 0.1) is 0 Å². The molecular formula is C15H21N3O3. The first-order valence-electron chi connectivity index (χ1n) is 7.66. The van der Waals surface area contributed by atoms with E-state index in [0.717, 1.165) is 12.8 Å². The average Bonchev–Trinajstić information content (AvgIpc) is 3.17. The fourth-order valence-corrected chi connectivity index (χ4v) is 3.19. The number of carbonyl (C=O) groups is 2. The second-order valence-electron chi connectivity index (χ2n) is 5.92. The Hall–Kier alpha value is -1.85. The molecule has 1 aromatic rings. The second kappa shape index (κ2) is 5.87. The molecule has 0 N–H and O–H groups in total. The third-order valence-electron chi connectivity index (χ3n) is 4.43. The highest BCUT2D eigenvalue weighted by atomic mass is 16.5. The van der Waals surface area contributed by atoms with E-state index >= 15 is 0 Å². The van der Waals surface area contributed by atoms with E-state index in [4.69, 9.17) is 4.52 Å². The summed E-state index contributed by atoms with van der Waals surface area (Å²) in [5.74, 6) is 1.01. The molecule has 1 aromatic heterocycles. The smallest absolute Gasteiger partial charge is 0.276 e. The first kappa shape index (κ1) is 14.1. The van der Waals surface area contributed by atoms with Crippen molar-refractivity contribution in [3.8, 4) is 0 Å². The van der Waals surface area contributed by atoms with Crippen LogP contribution < -0.4 is 0 Å². The van der Waals surface area contributed by atoms with Crippen molar-refractivity contribution in [3.05, 3.63) is 17.5 Å². The fourth-order valence-electron chi connectivity index (χ4n) is 3.19. The van der Waals surface area contributed by atoms with E-state index in [2.05, 4.69) is 5.16 Å². The number of amides is 2. The SMILES string of the molecule is Cc1cc(C(=O)N2CCN(C(=O)C3CCCC3)CC2)no1. The Morgan fingerprint density at radius 1 is 1.14 bits per heavy atom. The van der Waals surface area contributed by atoms with Gasteiger partial charge in [-0.05, 0) is 19.8 Å². The van der Waals surface area contributed by atoms with Crippen LogP contribution in [0.1, 0.15) is 41.9 Å². The van der Waals surface area contributed by atoms with Crippen molar-refractivity contribution < 1.29 is 14.1 Å². The molecule has 1 saturated heterocycles. The Labute approximate surface area is 124 Å². The number of aryl methyl sites for hydroxylation is 1. The van der Waals surface area contributed by atoms with E-state index in [-0.39, 0.29) is 17.7 Å². The van der Waals surface area contributed by atoms with E-state index in [1.807, 2.05) is 4.90 Å². The number of carbonyl (C=O) groups excluding carboxylic acids is 2. The second-order valence-corrected chi connectivity index (χ2v) is 5.92. The first-order chi connectivity index (χ1) is 10.1. The largest absolute Gasteiger partial charge is 0.361 e. The molecule has 0 bridgehead atoms. The normalized spacial score (nSPS) is 20.0. The third-order valence-corrected chi connectivity index (χ3v) is 4.43. The van der Waals surface area contributed by atoms with Crippen LogP contribution in [-0.2, 0) is 4.79 Å². The van der Waals surface area contributed by atoms with Crippen molar-refractivity contribution in [2.45, 2.75) is 32.6 Å². The zero-order chi connectivity index (χ0) is 14.8. The maximum atomic E-state index is 12.3. The monoisotopic (exact) mass is 291 g/mol. The average molecular weight is 291 g/mol. The Kier molecular flexibility index (Phi) is 3.94. The predicted octanol–water partition coefficient (Wildman–Crippen LogP) is 1.46. The Morgan fingerprint density at radius 3 is 2.33 bits per heavy atom. The summed E-state index contributed by atoms with van der Waals surface area (Å²) in [4.78, 5) is 28.2. The topological polar surface area (TPSA) is 66.7 Å². The molecule has 0 aromatic carbocycles. The van der Waals surface area contributed by atoms with E-state index in [1.165, 1.54) is 12.8 Å². The molecule has 2 fully saturated rings. The molecule has 0 unspecified atom stereocenters. The molecule has 3 rings (SSSR count). The van der Waals surface area contributed by atoms with Gasteiger partial charge in [-0.15, -0.1) is 0 Å². The minimum atomic E-state index is -0.111. The predicted molar refractivity (Wildman–Crippen MR) is 75.7 cm³/mol. The van der Waals surface area contributed by atoms with Crippen molar-refractivity contribution in [2.75, 3.05) is 26.2 Å². The van der Waals surface area contributed by atoms with Gasteiger partial charge in [0.1, 0.15) is 5.76 Å². The van der Waals surface area contributed by atoms with Gasteiger partial charge in [-0.1, -0.05) is 18.0 Å². The van der Waals surface area contributed by atoms with Gasteiger partial charge in [-0.25, -0.2) is 0 Å². The summed E-state index contributed by atoms with van der Waals surface area (Å²) in [5, 5.41) is 3.76. The van der Waals surface area contributed by atoms with Crippen LogP contribution in [0.25, 0.3) is 0 Å². The fraction of sp³-hybridized carbons (Fsp3) is 0.667. The minimum Gasteiger partial charge on any atom is -0.361 e. The van der Waals surface area contributed by atoms with Crippen LogP contribution in [-0.4, -0.2) is 52.9 Å². The van der Waals surface area contributed by atoms with Crippen molar-refractivity contribution in [3.63, 3.8) is 0 Å². The summed E-state index contributed by atoms with van der Waals surface area (Å²) < 4.78 is 4.94. The molecule has 2 aliphatic rings. The summed E-state index contributed by atoms with van der Waals surface area (Å²) in [6.45, 7) is 4.16. The van der Waals surface area contributed by atoms with Crippen molar-refractivity contribution in [1.29, 1.82) is 0 Å². The Morgan fingerprint density at radius 2 is 1.76 bits per heavy atom. The lowest BCUT2D eigenvalue weighted by molar-refractivity contribution is -0.136. The van der Waals surface area contributed by atoms with Gasteiger partial charge in [-0.3, -0.25) is 9.59 Å². The number of rotatable bonds is 2. The van der Waals surface area contributed by atoms with Gasteiger partial charge in [-0.2, -0.15) is 0 Å². The number of nitrogens with zero attached hydrogens (tertiary/aromatic N) is 3. The summed E-state index contributed by atoms with van der Waals surface area (Å²) >= 11 is 0. The Balaban J connectivity index is 1.55. The Bertz CT molecular complexity index is 526. The number of hydrogen-bond acceptors (Lipinski definition) is 4. The van der Waals surface area contributed by atoms with Crippen molar-refractivity contribution >= 4 is 11.8 Å². The molecule has 6 heteroatoms. The van der Waals surface area contributed by atoms with Crippen LogP contribution in [0.2, 0.25) is 0 Å². The molecule has 2 amide bonds. The summed E-state index contributed by atoms with van der Waals surface area (Å²) in [5.41, 5.74) is 0.350. The highest BCUT2D eigenvalue weighted by Crippen LogP contribution is 2.27. The van der Waals surface area contributed by atoms with Gasteiger partial charge in [0, 0.05) is 38.2 Å². The highest BCUT2D eigenvalue weighted by molar-refractivity contribution is 5.92. The number of aromatic nitrogens is 1. The van der Waals surface area contributed by atoms with Gasteiger partial charge in [0.25, 0.3) is 5.91 Å². The zero-order valence-electron chi connectivity index (χ0n) is 12.4. The lowest BCUT2D eigenvalue weighted by Gasteiger charge is -2.35. The van der Waals surface area contributed by atoms with E-state index in [0.29, 0.717) is 37.6 Å². The van der Waals surface area contributed by atoms with Crippen LogP contribution >= 0.6 is 0 Å². The molecule has 2 heterocycles. The molecule has 1 saturated carbocycles. The molecule has 0 spiro atoms. The van der Waals surface area contributed by atoms with E-state index in [9.17, 15) is 9.59 Å². The van der Waals surface area contributed by atoms with Crippen LogP contribution in [0.4, 0.5) is 0 Å². The lowest BCUT2D eigenvalue weighted by atomic mass is 10.1. The molecule has 1 aliphatic heterocycles. The summed E-state index contributed by atoms with van der Waals surface area (Å²) in [6, 6.07) is 1.65. The van der Waals surface area contributed by atoms with Crippen LogP contribution in [0, 0.1) is 12.8 Å².